The lowest BCUT2D eigenvalue weighted by Gasteiger charge is -2.15. The predicted octanol–water partition coefficient (Wildman–Crippen LogP) is 1.19. The third-order valence-electron chi connectivity index (χ3n) is 2.39. The fourth-order valence-corrected chi connectivity index (χ4v) is 1.41. The molecule has 0 aliphatic rings. The van der Waals surface area contributed by atoms with Crippen LogP contribution in [0.15, 0.2) is 24.3 Å². The molecule has 1 atom stereocenters. The van der Waals surface area contributed by atoms with E-state index in [1.165, 1.54) is 14.0 Å². The molecule has 1 unspecified atom stereocenters. The van der Waals surface area contributed by atoms with Crippen molar-refractivity contribution in [2.24, 2.45) is 0 Å². The Kier molecular flexibility index (Phi) is 5.32. The monoisotopic (exact) mass is 252 g/mol. The number of rotatable bonds is 6. The Labute approximate surface area is 105 Å². The molecule has 0 radical (unpaired) electrons. The second-order valence-electron chi connectivity index (χ2n) is 3.72. The SMILES string of the molecule is COC(=O)C(CCO)Oc1ccc(C(C)=O)cc1. The summed E-state index contributed by atoms with van der Waals surface area (Å²) in [6.07, 6.45) is -0.690. The Balaban J connectivity index is 2.74. The van der Waals surface area contributed by atoms with Crippen LogP contribution in [0.4, 0.5) is 0 Å². The summed E-state index contributed by atoms with van der Waals surface area (Å²) in [4.78, 5) is 22.5. The minimum Gasteiger partial charge on any atom is -0.479 e. The summed E-state index contributed by atoms with van der Waals surface area (Å²) in [5, 5.41) is 8.84. The number of esters is 1. The molecule has 1 aromatic rings. The summed E-state index contributed by atoms with van der Waals surface area (Å²) in [7, 11) is 1.26. The van der Waals surface area contributed by atoms with Gasteiger partial charge in [-0.2, -0.15) is 0 Å². The van der Waals surface area contributed by atoms with Crippen molar-refractivity contribution in [3.05, 3.63) is 29.8 Å². The number of Topliss-reactive ketones (excluding diaryl/α,β-unsaturated/α-hetero) is 1. The first-order chi connectivity index (χ1) is 8.58. The number of carbonyl (C=O) groups excluding carboxylic acids is 2. The minimum absolute atomic E-state index is 0.0403. The second-order valence-corrected chi connectivity index (χ2v) is 3.72. The molecular weight excluding hydrogens is 236 g/mol. The molecule has 5 heteroatoms. The van der Waals surface area contributed by atoms with E-state index in [9.17, 15) is 9.59 Å². The average molecular weight is 252 g/mol. The molecule has 0 fully saturated rings. The van der Waals surface area contributed by atoms with E-state index in [4.69, 9.17) is 9.84 Å². The summed E-state index contributed by atoms with van der Waals surface area (Å²) >= 11 is 0. The Morgan fingerprint density at radius 1 is 1.28 bits per heavy atom. The molecule has 0 aliphatic heterocycles. The number of hydrogen-bond donors (Lipinski definition) is 1. The molecule has 98 valence electrons. The number of aliphatic hydroxyl groups excluding tert-OH is 1. The van der Waals surface area contributed by atoms with Crippen LogP contribution in [0.1, 0.15) is 23.7 Å². The van der Waals surface area contributed by atoms with Crippen molar-refractivity contribution in [3.8, 4) is 5.75 Å². The third-order valence-corrected chi connectivity index (χ3v) is 2.39. The predicted molar refractivity (Wildman–Crippen MR) is 64.6 cm³/mol. The van der Waals surface area contributed by atoms with Gasteiger partial charge in [0.15, 0.2) is 11.9 Å². The number of methoxy groups -OCH3 is 1. The maximum Gasteiger partial charge on any atom is 0.347 e. The first-order valence-electron chi connectivity index (χ1n) is 5.54. The molecule has 0 bridgehead atoms. The Morgan fingerprint density at radius 2 is 1.89 bits per heavy atom. The molecule has 0 spiro atoms. The van der Waals surface area contributed by atoms with Crippen molar-refractivity contribution in [3.63, 3.8) is 0 Å². The van der Waals surface area contributed by atoms with Crippen LogP contribution in [-0.2, 0) is 9.53 Å². The van der Waals surface area contributed by atoms with Crippen LogP contribution < -0.4 is 4.74 Å². The average Bonchev–Trinajstić information content (AvgIpc) is 2.38. The van der Waals surface area contributed by atoms with Gasteiger partial charge in [0.1, 0.15) is 5.75 Å². The van der Waals surface area contributed by atoms with Crippen molar-refractivity contribution in [1.82, 2.24) is 0 Å². The van der Waals surface area contributed by atoms with E-state index in [1.807, 2.05) is 0 Å². The number of ether oxygens (including phenoxy) is 2. The van der Waals surface area contributed by atoms with Gasteiger partial charge in [0, 0.05) is 18.6 Å². The first kappa shape index (κ1) is 14.2. The fraction of sp³-hybridized carbons (Fsp3) is 0.385. The van der Waals surface area contributed by atoms with E-state index >= 15 is 0 Å². The zero-order chi connectivity index (χ0) is 13.5. The van der Waals surface area contributed by atoms with E-state index in [2.05, 4.69) is 4.74 Å². The number of carbonyl (C=O) groups is 2. The maximum atomic E-state index is 11.4. The highest BCUT2D eigenvalue weighted by Crippen LogP contribution is 2.16. The molecule has 0 amide bonds. The molecule has 0 saturated heterocycles. The lowest BCUT2D eigenvalue weighted by Crippen LogP contribution is -2.29. The second kappa shape index (κ2) is 6.76. The Morgan fingerprint density at radius 3 is 2.33 bits per heavy atom. The van der Waals surface area contributed by atoms with Gasteiger partial charge in [-0.3, -0.25) is 4.79 Å². The quantitative estimate of drug-likeness (QED) is 0.608. The number of benzene rings is 1. The lowest BCUT2D eigenvalue weighted by molar-refractivity contribution is -0.149. The molecule has 1 aromatic carbocycles. The van der Waals surface area contributed by atoms with Crippen molar-refractivity contribution >= 4 is 11.8 Å². The van der Waals surface area contributed by atoms with Gasteiger partial charge in [0.25, 0.3) is 0 Å². The zero-order valence-electron chi connectivity index (χ0n) is 10.4. The van der Waals surface area contributed by atoms with Crippen molar-refractivity contribution in [2.75, 3.05) is 13.7 Å². The molecule has 1 rings (SSSR count). The van der Waals surface area contributed by atoms with E-state index in [1.54, 1.807) is 24.3 Å². The van der Waals surface area contributed by atoms with Crippen LogP contribution in [-0.4, -0.2) is 36.7 Å². The summed E-state index contributed by atoms with van der Waals surface area (Å²) in [5.74, 6) is -0.134. The molecule has 0 heterocycles. The normalized spacial score (nSPS) is 11.7. The molecule has 18 heavy (non-hydrogen) atoms. The largest absolute Gasteiger partial charge is 0.479 e. The van der Waals surface area contributed by atoms with Gasteiger partial charge in [-0.1, -0.05) is 0 Å². The molecule has 0 saturated carbocycles. The highest BCUT2D eigenvalue weighted by atomic mass is 16.6. The van der Waals surface area contributed by atoms with Crippen molar-refractivity contribution in [2.45, 2.75) is 19.4 Å². The third kappa shape index (κ3) is 3.85. The minimum atomic E-state index is -0.844. The van der Waals surface area contributed by atoms with Crippen molar-refractivity contribution < 1.29 is 24.2 Å². The van der Waals surface area contributed by atoms with Crippen LogP contribution in [0, 0.1) is 0 Å². The standard InChI is InChI=1S/C13H16O5/c1-9(15)10-3-5-11(6-4-10)18-12(7-8-14)13(16)17-2/h3-6,12,14H,7-8H2,1-2H3. The molecule has 0 aliphatic carbocycles. The van der Waals surface area contributed by atoms with Crippen LogP contribution in [0.25, 0.3) is 0 Å². The highest BCUT2D eigenvalue weighted by Gasteiger charge is 2.20. The lowest BCUT2D eigenvalue weighted by atomic mass is 10.1. The van der Waals surface area contributed by atoms with Gasteiger partial charge in [-0.05, 0) is 31.2 Å². The Hall–Kier alpha value is -1.88. The summed E-state index contributed by atoms with van der Waals surface area (Å²) < 4.78 is 9.97. The summed E-state index contributed by atoms with van der Waals surface area (Å²) in [5.41, 5.74) is 0.569. The first-order valence-corrected chi connectivity index (χ1v) is 5.54. The fourth-order valence-electron chi connectivity index (χ4n) is 1.41. The smallest absolute Gasteiger partial charge is 0.347 e. The number of aliphatic hydroxyl groups is 1. The van der Waals surface area contributed by atoms with E-state index in [0.29, 0.717) is 11.3 Å². The summed E-state index contributed by atoms with van der Waals surface area (Å²) in [6.45, 7) is 1.30. The van der Waals surface area contributed by atoms with Crippen LogP contribution in [0.5, 0.6) is 5.75 Å². The van der Waals surface area contributed by atoms with Gasteiger partial charge in [0.05, 0.1) is 7.11 Å². The van der Waals surface area contributed by atoms with Gasteiger partial charge in [0.2, 0.25) is 0 Å². The van der Waals surface area contributed by atoms with Gasteiger partial charge >= 0.3 is 5.97 Å². The number of ketones is 1. The van der Waals surface area contributed by atoms with Crippen LogP contribution in [0.3, 0.4) is 0 Å². The summed E-state index contributed by atoms with van der Waals surface area (Å²) in [6, 6.07) is 6.43. The molecule has 1 N–H and O–H groups in total. The van der Waals surface area contributed by atoms with Gasteiger partial charge in [-0.25, -0.2) is 4.79 Å². The topological polar surface area (TPSA) is 72.8 Å². The number of hydrogen-bond acceptors (Lipinski definition) is 5. The zero-order valence-corrected chi connectivity index (χ0v) is 10.4. The molecular formula is C13H16O5. The van der Waals surface area contributed by atoms with Gasteiger partial charge in [-0.15, -0.1) is 0 Å². The highest BCUT2D eigenvalue weighted by molar-refractivity contribution is 5.94. The van der Waals surface area contributed by atoms with Crippen LogP contribution >= 0.6 is 0 Å². The van der Waals surface area contributed by atoms with Crippen LogP contribution in [0.2, 0.25) is 0 Å². The van der Waals surface area contributed by atoms with Gasteiger partial charge < -0.3 is 14.6 Å². The van der Waals surface area contributed by atoms with E-state index < -0.39 is 12.1 Å². The molecule has 0 aromatic heterocycles. The molecule has 5 nitrogen and oxygen atoms in total. The van der Waals surface area contributed by atoms with Crippen molar-refractivity contribution in [1.29, 1.82) is 0 Å². The maximum absolute atomic E-state index is 11.4. The van der Waals surface area contributed by atoms with E-state index in [-0.39, 0.29) is 18.8 Å². The Bertz CT molecular complexity index is 410. The van der Waals surface area contributed by atoms with E-state index in [0.717, 1.165) is 0 Å².